The summed E-state index contributed by atoms with van der Waals surface area (Å²) in [5.74, 6) is -1.88. The number of hydrogen-bond acceptors (Lipinski definition) is 8. The van der Waals surface area contributed by atoms with Crippen molar-refractivity contribution in [2.24, 2.45) is 5.10 Å². The van der Waals surface area contributed by atoms with Crippen molar-refractivity contribution in [3.63, 3.8) is 0 Å². The number of carbonyl (C=O) groups excluding carboxylic acids is 2. The van der Waals surface area contributed by atoms with Crippen molar-refractivity contribution in [2.45, 2.75) is 20.1 Å². The fraction of sp³-hybridized carbons (Fsp3) is 0.200. The summed E-state index contributed by atoms with van der Waals surface area (Å²) in [6.45, 7) is 2.52. The fourth-order valence-electron chi connectivity index (χ4n) is 2.24. The number of nitriles is 1. The summed E-state index contributed by atoms with van der Waals surface area (Å²) >= 11 is 5.73. The number of nitrogens with zero attached hydrogens (tertiary/aromatic N) is 4. The number of nitro groups is 1. The van der Waals surface area contributed by atoms with E-state index >= 15 is 0 Å². The molecule has 1 aliphatic heterocycles. The molecule has 0 aliphatic carbocycles. The zero-order chi connectivity index (χ0) is 19.6. The van der Waals surface area contributed by atoms with Crippen LogP contribution in [0.5, 0.6) is 0 Å². The van der Waals surface area contributed by atoms with Crippen LogP contribution in [0.1, 0.15) is 13.8 Å². The Morgan fingerprint density at radius 1 is 1.42 bits per heavy atom. The monoisotopic (exact) mass is 377 g/mol. The average molecular weight is 378 g/mol. The maximum absolute atomic E-state index is 12.4. The van der Waals surface area contributed by atoms with E-state index in [1.807, 2.05) is 0 Å². The number of aliphatic hydroxyl groups excluding tert-OH is 1. The van der Waals surface area contributed by atoms with Gasteiger partial charge in [-0.3, -0.25) is 25.1 Å². The molecule has 10 nitrogen and oxygen atoms in total. The summed E-state index contributed by atoms with van der Waals surface area (Å²) < 4.78 is 0. The standard InChI is InChI=1S/C15H12ClN5O5/c1-7-10(6-17)14(23)20(8(2)22)15(24)13(7)19-18-11-4-3-9(16)5-12(11)21(25)26/h3-5,8,18,22H,1-2H3/b19-13-. The predicted molar refractivity (Wildman–Crippen MR) is 91.0 cm³/mol. The van der Waals surface area contributed by atoms with Crippen LogP contribution in [-0.2, 0) is 9.59 Å². The number of rotatable bonds is 4. The summed E-state index contributed by atoms with van der Waals surface area (Å²) in [6, 6.07) is 5.44. The Bertz CT molecular complexity index is 915. The van der Waals surface area contributed by atoms with Gasteiger partial charge in [-0.25, -0.2) is 4.90 Å². The van der Waals surface area contributed by atoms with E-state index in [-0.39, 0.29) is 33.3 Å². The van der Waals surface area contributed by atoms with E-state index in [9.17, 15) is 24.8 Å². The summed E-state index contributed by atoms with van der Waals surface area (Å²) in [7, 11) is 0. The predicted octanol–water partition coefficient (Wildman–Crippen LogP) is 1.56. The molecule has 0 saturated carbocycles. The lowest BCUT2D eigenvalue weighted by atomic mass is 9.99. The number of anilines is 1. The van der Waals surface area contributed by atoms with Gasteiger partial charge in [-0.1, -0.05) is 11.6 Å². The van der Waals surface area contributed by atoms with Crippen molar-refractivity contribution in [1.29, 1.82) is 5.26 Å². The molecule has 1 aromatic carbocycles. The summed E-state index contributed by atoms with van der Waals surface area (Å²) in [5.41, 5.74) is 1.24. The lowest BCUT2D eigenvalue weighted by molar-refractivity contribution is -0.383. The fourth-order valence-corrected chi connectivity index (χ4v) is 2.40. The van der Waals surface area contributed by atoms with Gasteiger partial charge >= 0.3 is 0 Å². The van der Waals surface area contributed by atoms with E-state index in [1.54, 1.807) is 6.07 Å². The van der Waals surface area contributed by atoms with Gasteiger partial charge in [0, 0.05) is 16.7 Å². The molecule has 134 valence electrons. The van der Waals surface area contributed by atoms with Crippen LogP contribution >= 0.6 is 11.6 Å². The van der Waals surface area contributed by atoms with Crippen molar-refractivity contribution in [2.75, 3.05) is 5.43 Å². The third-order valence-corrected chi connectivity index (χ3v) is 3.75. The first-order valence-corrected chi connectivity index (χ1v) is 7.51. The Balaban J connectivity index is 2.52. The Hall–Kier alpha value is -3.29. The van der Waals surface area contributed by atoms with Gasteiger partial charge in [0.1, 0.15) is 23.6 Å². The molecule has 2 N–H and O–H groups in total. The summed E-state index contributed by atoms with van der Waals surface area (Å²) in [6.07, 6.45) is -1.48. The molecule has 0 fully saturated rings. The van der Waals surface area contributed by atoms with Crippen LogP contribution in [0.25, 0.3) is 0 Å². The molecular formula is C15H12ClN5O5. The highest BCUT2D eigenvalue weighted by Crippen LogP contribution is 2.28. The molecule has 1 heterocycles. The summed E-state index contributed by atoms with van der Waals surface area (Å²) in [5, 5.41) is 33.8. The lowest BCUT2D eigenvalue weighted by Gasteiger charge is -2.28. The van der Waals surface area contributed by atoms with E-state index in [0.717, 1.165) is 6.07 Å². The Kier molecular flexibility index (Phi) is 5.35. The van der Waals surface area contributed by atoms with Crippen LogP contribution in [0.15, 0.2) is 34.4 Å². The molecule has 0 aromatic heterocycles. The van der Waals surface area contributed by atoms with Crippen LogP contribution in [0.4, 0.5) is 11.4 Å². The molecule has 1 aliphatic rings. The van der Waals surface area contributed by atoms with Crippen molar-refractivity contribution >= 4 is 40.5 Å². The van der Waals surface area contributed by atoms with Crippen molar-refractivity contribution in [1.82, 2.24) is 4.90 Å². The number of imide groups is 1. The normalized spacial score (nSPS) is 17.3. The minimum atomic E-state index is -1.48. The number of carbonyl (C=O) groups is 2. The van der Waals surface area contributed by atoms with Gasteiger partial charge in [0.25, 0.3) is 17.5 Å². The number of aliphatic hydroxyl groups is 1. The minimum absolute atomic E-state index is 0.0106. The van der Waals surface area contributed by atoms with Gasteiger partial charge in [-0.05, 0) is 26.0 Å². The molecule has 0 radical (unpaired) electrons. The van der Waals surface area contributed by atoms with Gasteiger partial charge in [-0.2, -0.15) is 10.4 Å². The van der Waals surface area contributed by atoms with Crippen LogP contribution in [0, 0.1) is 21.4 Å². The molecule has 1 aromatic rings. The first-order chi connectivity index (χ1) is 12.2. The quantitative estimate of drug-likeness (QED) is 0.459. The smallest absolute Gasteiger partial charge is 0.295 e. The number of benzene rings is 1. The molecule has 1 atom stereocenters. The Labute approximate surface area is 152 Å². The topological polar surface area (TPSA) is 149 Å². The van der Waals surface area contributed by atoms with E-state index < -0.39 is 23.0 Å². The third kappa shape index (κ3) is 3.39. The first-order valence-electron chi connectivity index (χ1n) is 7.14. The second-order valence-electron chi connectivity index (χ2n) is 5.21. The number of halogens is 1. The van der Waals surface area contributed by atoms with Crippen LogP contribution in [0.3, 0.4) is 0 Å². The lowest BCUT2D eigenvalue weighted by Crippen LogP contribution is -2.51. The van der Waals surface area contributed by atoms with E-state index in [2.05, 4.69) is 10.5 Å². The molecule has 0 saturated heterocycles. The Morgan fingerprint density at radius 2 is 2.08 bits per heavy atom. The Morgan fingerprint density at radius 3 is 2.62 bits per heavy atom. The molecule has 2 amide bonds. The molecule has 2 rings (SSSR count). The molecule has 1 unspecified atom stereocenters. The largest absolute Gasteiger partial charge is 0.373 e. The van der Waals surface area contributed by atoms with Crippen molar-refractivity contribution in [3.8, 4) is 6.07 Å². The van der Waals surface area contributed by atoms with Gasteiger partial charge < -0.3 is 5.11 Å². The SMILES string of the molecule is CC1=C(C#N)C(=O)N(C(C)O)C(=O)/C1=N\Nc1ccc(Cl)cc1[N+](=O)[O-]. The van der Waals surface area contributed by atoms with Crippen LogP contribution in [0.2, 0.25) is 5.02 Å². The zero-order valence-electron chi connectivity index (χ0n) is 13.6. The molecule has 0 bridgehead atoms. The summed E-state index contributed by atoms with van der Waals surface area (Å²) in [4.78, 5) is 35.4. The average Bonchev–Trinajstić information content (AvgIpc) is 2.55. The van der Waals surface area contributed by atoms with Gasteiger partial charge in [0.05, 0.1) is 4.92 Å². The van der Waals surface area contributed by atoms with Crippen molar-refractivity contribution < 1.29 is 19.6 Å². The number of amides is 2. The number of nitrogens with one attached hydrogen (secondary N) is 1. The second-order valence-corrected chi connectivity index (χ2v) is 5.65. The van der Waals surface area contributed by atoms with E-state index in [1.165, 1.54) is 26.0 Å². The number of hydrazone groups is 1. The van der Waals surface area contributed by atoms with Crippen LogP contribution in [-0.4, -0.2) is 38.7 Å². The highest BCUT2D eigenvalue weighted by atomic mass is 35.5. The van der Waals surface area contributed by atoms with Crippen molar-refractivity contribution in [3.05, 3.63) is 44.5 Å². The van der Waals surface area contributed by atoms with Gasteiger partial charge in [0.15, 0.2) is 5.71 Å². The maximum atomic E-state index is 12.4. The van der Waals surface area contributed by atoms with Crippen LogP contribution < -0.4 is 5.43 Å². The number of hydrogen-bond donors (Lipinski definition) is 2. The highest BCUT2D eigenvalue weighted by molar-refractivity contribution is 6.50. The first kappa shape index (κ1) is 19.0. The maximum Gasteiger partial charge on any atom is 0.295 e. The van der Waals surface area contributed by atoms with Gasteiger partial charge in [-0.15, -0.1) is 0 Å². The van der Waals surface area contributed by atoms with E-state index in [0.29, 0.717) is 4.90 Å². The number of nitro benzene ring substituents is 1. The minimum Gasteiger partial charge on any atom is -0.373 e. The molecular weight excluding hydrogens is 366 g/mol. The second kappa shape index (κ2) is 7.30. The zero-order valence-corrected chi connectivity index (χ0v) is 14.3. The van der Waals surface area contributed by atoms with E-state index in [4.69, 9.17) is 16.9 Å². The highest BCUT2D eigenvalue weighted by Gasteiger charge is 2.39. The molecule has 0 spiro atoms. The third-order valence-electron chi connectivity index (χ3n) is 3.51. The molecule has 26 heavy (non-hydrogen) atoms. The van der Waals surface area contributed by atoms with Gasteiger partial charge in [0.2, 0.25) is 0 Å². The molecule has 11 heteroatoms.